The third kappa shape index (κ3) is 1.72. The molecule has 68 valence electrons. The fourth-order valence-electron chi connectivity index (χ4n) is 1.08. The Labute approximate surface area is 78.3 Å². The first-order valence-electron chi connectivity index (χ1n) is 3.75. The van der Waals surface area contributed by atoms with Gasteiger partial charge in [0.15, 0.2) is 5.16 Å². The van der Waals surface area contributed by atoms with Gasteiger partial charge in [-0.05, 0) is 0 Å². The lowest BCUT2D eigenvalue weighted by Crippen LogP contribution is -2.23. The van der Waals surface area contributed by atoms with Crippen LogP contribution in [0.3, 0.4) is 0 Å². The predicted octanol–water partition coefficient (Wildman–Crippen LogP) is -0.0831. The molecule has 1 aromatic heterocycles. The Kier molecular flexibility index (Phi) is 2.05. The van der Waals surface area contributed by atoms with Gasteiger partial charge in [-0.2, -0.15) is 0 Å². The molecule has 2 amide bonds. The van der Waals surface area contributed by atoms with Crippen LogP contribution in [0.2, 0.25) is 0 Å². The van der Waals surface area contributed by atoms with Crippen LogP contribution in [0.15, 0.2) is 17.6 Å². The third-order valence-corrected chi connectivity index (χ3v) is 2.76. The summed E-state index contributed by atoms with van der Waals surface area (Å²) in [7, 11) is 0. The Hall–Kier alpha value is -1.30. The molecular formula is C7H7N3O2S. The number of amides is 2. The fourth-order valence-corrected chi connectivity index (χ4v) is 2.00. The Morgan fingerprint density at radius 1 is 1.54 bits per heavy atom. The van der Waals surface area contributed by atoms with Gasteiger partial charge < -0.3 is 4.98 Å². The van der Waals surface area contributed by atoms with Crippen molar-refractivity contribution in [3.05, 3.63) is 12.4 Å². The summed E-state index contributed by atoms with van der Waals surface area (Å²) in [5, 5.41) is 2.57. The maximum atomic E-state index is 11.1. The highest BCUT2D eigenvalue weighted by Gasteiger charge is 2.31. The molecule has 2 heterocycles. The number of imide groups is 1. The lowest BCUT2D eigenvalue weighted by atomic mass is 10.4. The van der Waals surface area contributed by atoms with Crippen molar-refractivity contribution in [3.63, 3.8) is 0 Å². The molecule has 1 aliphatic heterocycles. The first-order chi connectivity index (χ1) is 6.25. The summed E-state index contributed by atoms with van der Waals surface area (Å²) < 4.78 is 0. The lowest BCUT2D eigenvalue weighted by Gasteiger charge is -2.00. The zero-order valence-corrected chi connectivity index (χ0v) is 7.43. The molecule has 1 aromatic rings. The summed E-state index contributed by atoms with van der Waals surface area (Å²) in [4.78, 5) is 28.7. The van der Waals surface area contributed by atoms with Gasteiger partial charge in [-0.3, -0.25) is 14.9 Å². The van der Waals surface area contributed by atoms with E-state index in [1.165, 1.54) is 11.8 Å². The average molecular weight is 197 g/mol. The molecule has 5 nitrogen and oxygen atoms in total. The van der Waals surface area contributed by atoms with Gasteiger partial charge in [-0.1, -0.05) is 11.8 Å². The highest BCUT2D eigenvalue weighted by atomic mass is 32.2. The minimum absolute atomic E-state index is 0.214. The summed E-state index contributed by atoms with van der Waals surface area (Å²) in [5.74, 6) is -0.444. The number of carbonyl (C=O) groups excluding carboxylic acids is 2. The third-order valence-electron chi connectivity index (χ3n) is 1.65. The van der Waals surface area contributed by atoms with Gasteiger partial charge in [0.1, 0.15) is 5.25 Å². The molecule has 0 bridgehead atoms. The molecule has 0 radical (unpaired) electrons. The van der Waals surface area contributed by atoms with Crippen LogP contribution in [-0.4, -0.2) is 27.0 Å². The number of rotatable bonds is 2. The normalized spacial score (nSPS) is 22.0. The van der Waals surface area contributed by atoms with Gasteiger partial charge in [0.25, 0.3) is 0 Å². The number of aromatic nitrogens is 2. The molecular weight excluding hydrogens is 190 g/mol. The van der Waals surface area contributed by atoms with E-state index >= 15 is 0 Å². The second-order valence-corrected chi connectivity index (χ2v) is 3.81. The van der Waals surface area contributed by atoms with Gasteiger partial charge in [-0.15, -0.1) is 0 Å². The second-order valence-electron chi connectivity index (χ2n) is 2.62. The highest BCUT2D eigenvalue weighted by Crippen LogP contribution is 2.24. The van der Waals surface area contributed by atoms with Gasteiger partial charge in [0, 0.05) is 18.8 Å². The summed E-state index contributed by atoms with van der Waals surface area (Å²) in [5.41, 5.74) is 0. The second kappa shape index (κ2) is 3.21. The number of hydrogen-bond acceptors (Lipinski definition) is 4. The number of nitrogens with zero attached hydrogens (tertiary/aromatic N) is 1. The minimum Gasteiger partial charge on any atom is -0.340 e. The van der Waals surface area contributed by atoms with E-state index in [1.54, 1.807) is 12.4 Å². The summed E-state index contributed by atoms with van der Waals surface area (Å²) in [6, 6.07) is 0. The molecule has 6 heteroatoms. The van der Waals surface area contributed by atoms with Crippen LogP contribution in [-0.2, 0) is 9.59 Å². The van der Waals surface area contributed by atoms with E-state index < -0.39 is 0 Å². The van der Waals surface area contributed by atoms with Crippen LogP contribution < -0.4 is 5.32 Å². The van der Waals surface area contributed by atoms with Crippen molar-refractivity contribution in [2.45, 2.75) is 16.8 Å². The molecule has 13 heavy (non-hydrogen) atoms. The molecule has 0 spiro atoms. The number of carbonyl (C=O) groups is 2. The van der Waals surface area contributed by atoms with Gasteiger partial charge in [-0.25, -0.2) is 4.98 Å². The molecule has 2 N–H and O–H groups in total. The Morgan fingerprint density at radius 3 is 2.92 bits per heavy atom. The molecule has 0 aliphatic carbocycles. The molecule has 0 aromatic carbocycles. The van der Waals surface area contributed by atoms with Crippen LogP contribution in [0.1, 0.15) is 6.42 Å². The van der Waals surface area contributed by atoms with Crippen molar-refractivity contribution in [2.24, 2.45) is 0 Å². The maximum Gasteiger partial charge on any atom is 0.240 e. The minimum atomic E-state index is -0.335. The van der Waals surface area contributed by atoms with Crippen molar-refractivity contribution in [3.8, 4) is 0 Å². The molecule has 1 fully saturated rings. The number of thioether (sulfide) groups is 1. The first-order valence-corrected chi connectivity index (χ1v) is 4.63. The van der Waals surface area contributed by atoms with Gasteiger partial charge >= 0.3 is 0 Å². The zero-order valence-electron chi connectivity index (χ0n) is 6.61. The quantitative estimate of drug-likeness (QED) is 0.650. The number of aromatic amines is 1. The smallest absolute Gasteiger partial charge is 0.240 e. The molecule has 2 rings (SSSR count). The van der Waals surface area contributed by atoms with Crippen LogP contribution >= 0.6 is 11.8 Å². The molecule has 1 atom stereocenters. The molecule has 0 saturated carbocycles. The van der Waals surface area contributed by atoms with E-state index in [2.05, 4.69) is 15.3 Å². The van der Waals surface area contributed by atoms with E-state index in [0.29, 0.717) is 5.16 Å². The highest BCUT2D eigenvalue weighted by molar-refractivity contribution is 8.00. The maximum absolute atomic E-state index is 11.1. The largest absolute Gasteiger partial charge is 0.340 e. The summed E-state index contributed by atoms with van der Waals surface area (Å²) >= 11 is 1.27. The summed E-state index contributed by atoms with van der Waals surface area (Å²) in [6.45, 7) is 0. The average Bonchev–Trinajstić information content (AvgIpc) is 2.63. The topological polar surface area (TPSA) is 74.8 Å². The number of imidazole rings is 1. The van der Waals surface area contributed by atoms with Crippen molar-refractivity contribution >= 4 is 23.6 Å². The zero-order chi connectivity index (χ0) is 9.26. The van der Waals surface area contributed by atoms with E-state index in [4.69, 9.17) is 0 Å². The van der Waals surface area contributed by atoms with Crippen LogP contribution in [0.4, 0.5) is 0 Å². The molecule has 1 saturated heterocycles. The molecule has 1 aliphatic rings. The fraction of sp³-hybridized carbons (Fsp3) is 0.286. The SMILES string of the molecule is O=C1CC(Sc2ncc[nH]2)C(=O)N1. The van der Waals surface area contributed by atoms with Gasteiger partial charge in [0.2, 0.25) is 11.8 Å². The van der Waals surface area contributed by atoms with Crippen LogP contribution in [0.5, 0.6) is 0 Å². The first kappa shape index (κ1) is 8.31. The number of H-pyrrole nitrogens is 1. The Morgan fingerprint density at radius 2 is 2.38 bits per heavy atom. The van der Waals surface area contributed by atoms with Crippen molar-refractivity contribution in [2.75, 3.05) is 0 Å². The van der Waals surface area contributed by atoms with Crippen molar-refractivity contribution < 1.29 is 9.59 Å². The Balaban J connectivity index is 2.03. The predicted molar refractivity (Wildman–Crippen MR) is 46.0 cm³/mol. The van der Waals surface area contributed by atoms with Crippen LogP contribution in [0.25, 0.3) is 0 Å². The number of hydrogen-bond donors (Lipinski definition) is 2. The van der Waals surface area contributed by atoms with Crippen molar-refractivity contribution in [1.82, 2.24) is 15.3 Å². The number of nitrogens with one attached hydrogen (secondary N) is 2. The van der Waals surface area contributed by atoms with E-state index in [0.717, 1.165) is 0 Å². The van der Waals surface area contributed by atoms with Gasteiger partial charge in [0.05, 0.1) is 0 Å². The van der Waals surface area contributed by atoms with Crippen molar-refractivity contribution in [1.29, 1.82) is 0 Å². The molecule has 1 unspecified atom stereocenters. The monoisotopic (exact) mass is 197 g/mol. The van der Waals surface area contributed by atoms with E-state index in [9.17, 15) is 9.59 Å². The standard InChI is InChI=1S/C7H7N3O2S/c11-5-3-4(6(12)10-5)13-7-8-1-2-9-7/h1-2,4H,3H2,(H,8,9)(H,10,11,12). The Bertz CT molecular complexity index is 336. The lowest BCUT2D eigenvalue weighted by molar-refractivity contribution is -0.124. The van der Waals surface area contributed by atoms with E-state index in [1.807, 2.05) is 0 Å². The van der Waals surface area contributed by atoms with Crippen LogP contribution in [0, 0.1) is 0 Å². The summed E-state index contributed by atoms with van der Waals surface area (Å²) in [6.07, 6.45) is 3.53. The van der Waals surface area contributed by atoms with E-state index in [-0.39, 0.29) is 23.5 Å².